The van der Waals surface area contributed by atoms with Gasteiger partial charge in [0.2, 0.25) is 5.78 Å². The van der Waals surface area contributed by atoms with E-state index >= 15 is 0 Å². The number of rotatable bonds is 1. The Labute approximate surface area is 121 Å². The van der Waals surface area contributed by atoms with Gasteiger partial charge >= 0.3 is 0 Å². The Kier molecular flexibility index (Phi) is 2.36. The van der Waals surface area contributed by atoms with Crippen LogP contribution in [0.3, 0.4) is 0 Å². The molecule has 4 rings (SSSR count). The van der Waals surface area contributed by atoms with E-state index in [1.54, 1.807) is 12.2 Å². The quantitative estimate of drug-likeness (QED) is 0.805. The molecule has 0 saturated heterocycles. The largest absolute Gasteiger partial charge is 0.493 e. The number of benzene rings is 2. The summed E-state index contributed by atoms with van der Waals surface area (Å²) >= 11 is 0. The number of methoxy groups -OCH3 is 1. The van der Waals surface area contributed by atoms with Crippen LogP contribution in [0.15, 0.2) is 60.4 Å². The van der Waals surface area contributed by atoms with Crippen LogP contribution < -0.4 is 9.47 Å². The van der Waals surface area contributed by atoms with Crippen molar-refractivity contribution < 1.29 is 19.0 Å². The molecule has 4 heteroatoms. The molecular weight excluding hydrogens is 268 g/mol. The van der Waals surface area contributed by atoms with Crippen molar-refractivity contribution in [3.63, 3.8) is 0 Å². The van der Waals surface area contributed by atoms with Gasteiger partial charge in [0.25, 0.3) is 5.79 Å². The van der Waals surface area contributed by atoms with Crippen molar-refractivity contribution in [1.29, 1.82) is 0 Å². The highest BCUT2D eigenvalue weighted by Crippen LogP contribution is 2.43. The summed E-state index contributed by atoms with van der Waals surface area (Å²) in [5, 5.41) is 1.98. The molecule has 4 nitrogen and oxygen atoms in total. The van der Waals surface area contributed by atoms with E-state index in [-0.39, 0.29) is 11.5 Å². The molecule has 0 aromatic heterocycles. The van der Waals surface area contributed by atoms with E-state index in [0.717, 1.165) is 22.3 Å². The van der Waals surface area contributed by atoms with Crippen LogP contribution in [0.1, 0.15) is 0 Å². The summed E-state index contributed by atoms with van der Waals surface area (Å²) in [6.45, 7) is 0. The number of ketones is 1. The van der Waals surface area contributed by atoms with Crippen LogP contribution >= 0.6 is 0 Å². The van der Waals surface area contributed by atoms with E-state index in [1.165, 1.54) is 13.2 Å². The third-order valence-corrected chi connectivity index (χ3v) is 3.63. The molecule has 1 spiro atoms. The van der Waals surface area contributed by atoms with Crippen LogP contribution in [-0.2, 0) is 9.53 Å². The maximum Gasteiger partial charge on any atom is 0.295 e. The first-order chi connectivity index (χ1) is 10.2. The summed E-state index contributed by atoms with van der Waals surface area (Å²) in [5.41, 5.74) is 0. The SMILES string of the molecule is COC1=CC2(C=CC1=O)Oc1cccc3cccc(c13)O2. The molecule has 2 aliphatic rings. The Balaban J connectivity index is 1.89. The highest BCUT2D eigenvalue weighted by molar-refractivity contribution is 6.04. The smallest absolute Gasteiger partial charge is 0.295 e. The van der Waals surface area contributed by atoms with Crippen LogP contribution in [0, 0.1) is 0 Å². The van der Waals surface area contributed by atoms with E-state index in [1.807, 2.05) is 36.4 Å². The molecule has 104 valence electrons. The lowest BCUT2D eigenvalue weighted by Crippen LogP contribution is -2.42. The molecule has 2 aromatic carbocycles. The minimum absolute atomic E-state index is 0.201. The number of hydrogen-bond donors (Lipinski definition) is 0. The van der Waals surface area contributed by atoms with Gasteiger partial charge in [0.15, 0.2) is 5.76 Å². The van der Waals surface area contributed by atoms with Gasteiger partial charge in [-0.15, -0.1) is 0 Å². The molecule has 2 aromatic rings. The van der Waals surface area contributed by atoms with Gasteiger partial charge in [-0.05, 0) is 23.6 Å². The van der Waals surface area contributed by atoms with Crippen LogP contribution in [0.5, 0.6) is 11.5 Å². The summed E-state index contributed by atoms with van der Waals surface area (Å²) in [6, 6.07) is 11.6. The summed E-state index contributed by atoms with van der Waals surface area (Å²) in [7, 11) is 1.45. The zero-order valence-corrected chi connectivity index (χ0v) is 11.3. The fourth-order valence-corrected chi connectivity index (χ4v) is 2.67. The van der Waals surface area contributed by atoms with Crippen molar-refractivity contribution in [2.75, 3.05) is 7.11 Å². The second-order valence-corrected chi connectivity index (χ2v) is 4.95. The minimum Gasteiger partial charge on any atom is -0.493 e. The molecule has 1 heterocycles. The first kappa shape index (κ1) is 12.0. The molecule has 0 atom stereocenters. The van der Waals surface area contributed by atoms with E-state index in [2.05, 4.69) is 0 Å². The topological polar surface area (TPSA) is 44.8 Å². The third kappa shape index (κ3) is 1.72. The Morgan fingerprint density at radius 2 is 1.71 bits per heavy atom. The third-order valence-electron chi connectivity index (χ3n) is 3.63. The average Bonchev–Trinajstić information content (AvgIpc) is 2.50. The minimum atomic E-state index is -1.14. The molecule has 0 N–H and O–H groups in total. The van der Waals surface area contributed by atoms with E-state index in [0.29, 0.717) is 0 Å². The Hall–Kier alpha value is -2.75. The Morgan fingerprint density at radius 1 is 1.05 bits per heavy atom. The van der Waals surface area contributed by atoms with Crippen LogP contribution in [0.25, 0.3) is 10.8 Å². The highest BCUT2D eigenvalue weighted by atomic mass is 16.7. The van der Waals surface area contributed by atoms with Crippen molar-refractivity contribution in [2.24, 2.45) is 0 Å². The zero-order valence-electron chi connectivity index (χ0n) is 11.3. The Morgan fingerprint density at radius 3 is 2.33 bits per heavy atom. The van der Waals surface area contributed by atoms with Crippen LogP contribution in [0.4, 0.5) is 0 Å². The van der Waals surface area contributed by atoms with Gasteiger partial charge in [-0.3, -0.25) is 4.79 Å². The number of carbonyl (C=O) groups excluding carboxylic acids is 1. The number of ether oxygens (including phenoxy) is 3. The van der Waals surface area contributed by atoms with Crippen molar-refractivity contribution in [3.05, 3.63) is 60.4 Å². The monoisotopic (exact) mass is 280 g/mol. The second kappa shape index (κ2) is 4.12. The maximum atomic E-state index is 11.7. The zero-order chi connectivity index (χ0) is 14.4. The van der Waals surface area contributed by atoms with Crippen LogP contribution in [0.2, 0.25) is 0 Å². The van der Waals surface area contributed by atoms with Crippen molar-refractivity contribution in [1.82, 2.24) is 0 Å². The molecule has 0 unspecified atom stereocenters. The fourth-order valence-electron chi connectivity index (χ4n) is 2.67. The molecule has 0 bridgehead atoms. The highest BCUT2D eigenvalue weighted by Gasteiger charge is 2.39. The first-order valence-corrected chi connectivity index (χ1v) is 6.61. The van der Waals surface area contributed by atoms with Gasteiger partial charge in [-0.1, -0.05) is 24.3 Å². The molecule has 1 aliphatic heterocycles. The van der Waals surface area contributed by atoms with E-state index < -0.39 is 5.79 Å². The van der Waals surface area contributed by atoms with Crippen molar-refractivity contribution >= 4 is 16.6 Å². The van der Waals surface area contributed by atoms with Crippen molar-refractivity contribution in [3.8, 4) is 11.5 Å². The Bertz CT molecular complexity index is 776. The average molecular weight is 280 g/mol. The fraction of sp³-hybridized carbons (Fsp3) is 0.118. The lowest BCUT2D eigenvalue weighted by Gasteiger charge is -2.35. The van der Waals surface area contributed by atoms with Crippen LogP contribution in [-0.4, -0.2) is 18.7 Å². The second-order valence-electron chi connectivity index (χ2n) is 4.95. The predicted molar refractivity (Wildman–Crippen MR) is 77.2 cm³/mol. The molecule has 0 amide bonds. The number of carbonyl (C=O) groups is 1. The lowest BCUT2D eigenvalue weighted by atomic mass is 10.0. The van der Waals surface area contributed by atoms with Gasteiger partial charge in [-0.25, -0.2) is 0 Å². The molecule has 0 fully saturated rings. The maximum absolute atomic E-state index is 11.7. The van der Waals surface area contributed by atoms with Gasteiger partial charge in [-0.2, -0.15) is 0 Å². The predicted octanol–water partition coefficient (Wildman–Crippen LogP) is 2.98. The molecular formula is C17H12O4. The van der Waals surface area contributed by atoms with Crippen molar-refractivity contribution in [2.45, 2.75) is 5.79 Å². The lowest BCUT2D eigenvalue weighted by molar-refractivity contribution is -0.115. The standard InChI is InChI=1S/C17H12O4/c1-19-15-10-17(9-8-12(15)18)20-13-6-2-4-11-5-3-7-14(21-17)16(11)13/h2-10H,1H3. The summed E-state index contributed by atoms with van der Waals surface area (Å²) in [5.74, 6) is 0.318. The number of hydrogen-bond acceptors (Lipinski definition) is 4. The van der Waals surface area contributed by atoms with Gasteiger partial charge in [0, 0.05) is 6.08 Å². The van der Waals surface area contributed by atoms with Gasteiger partial charge < -0.3 is 14.2 Å². The van der Waals surface area contributed by atoms with E-state index in [9.17, 15) is 4.79 Å². The summed E-state index contributed by atoms with van der Waals surface area (Å²) in [6.07, 6.45) is 4.57. The first-order valence-electron chi connectivity index (χ1n) is 6.61. The summed E-state index contributed by atoms with van der Waals surface area (Å²) < 4.78 is 17.1. The van der Waals surface area contributed by atoms with Gasteiger partial charge in [0.05, 0.1) is 18.6 Å². The molecule has 0 saturated carbocycles. The van der Waals surface area contributed by atoms with Gasteiger partial charge in [0.1, 0.15) is 11.5 Å². The number of allylic oxidation sites excluding steroid dienone is 1. The molecule has 0 radical (unpaired) electrons. The summed E-state index contributed by atoms with van der Waals surface area (Å²) in [4.78, 5) is 11.7. The normalized spacial score (nSPS) is 18.1. The molecule has 1 aliphatic carbocycles. The molecule has 21 heavy (non-hydrogen) atoms. The van der Waals surface area contributed by atoms with E-state index in [4.69, 9.17) is 14.2 Å².